The van der Waals surface area contributed by atoms with Gasteiger partial charge in [0.2, 0.25) is 0 Å². The first kappa shape index (κ1) is 12.6. The Morgan fingerprint density at radius 2 is 2.24 bits per heavy atom. The van der Waals surface area contributed by atoms with Crippen LogP contribution in [-0.4, -0.2) is 25.8 Å². The summed E-state index contributed by atoms with van der Waals surface area (Å²) >= 11 is 0. The van der Waals surface area contributed by atoms with Gasteiger partial charge in [-0.2, -0.15) is 0 Å². The van der Waals surface area contributed by atoms with Gasteiger partial charge < -0.3 is 10.1 Å². The Labute approximate surface area is 104 Å². The van der Waals surface area contributed by atoms with Crippen LogP contribution >= 0.6 is 0 Å². The molecular weight excluding hydrogens is 210 g/mol. The van der Waals surface area contributed by atoms with Crippen molar-refractivity contribution in [3.63, 3.8) is 0 Å². The third-order valence-corrected chi connectivity index (χ3v) is 3.49. The second-order valence-corrected chi connectivity index (χ2v) is 5.24. The fraction of sp³-hybridized carbons (Fsp3) is 0.600. The molecule has 1 aliphatic rings. The first-order chi connectivity index (χ1) is 8.16. The zero-order chi connectivity index (χ0) is 12.3. The Morgan fingerprint density at radius 1 is 1.41 bits per heavy atom. The van der Waals surface area contributed by atoms with Gasteiger partial charge in [-0.15, -0.1) is 0 Å². The topological polar surface area (TPSA) is 21.3 Å². The van der Waals surface area contributed by atoms with E-state index < -0.39 is 0 Å². The lowest BCUT2D eigenvalue weighted by atomic mass is 9.95. The summed E-state index contributed by atoms with van der Waals surface area (Å²) in [5.74, 6) is 0.597. The third-order valence-electron chi connectivity index (χ3n) is 3.49. The van der Waals surface area contributed by atoms with Gasteiger partial charge in [0.15, 0.2) is 0 Å². The van der Waals surface area contributed by atoms with Crippen LogP contribution < -0.4 is 5.32 Å². The van der Waals surface area contributed by atoms with Crippen molar-refractivity contribution >= 4 is 0 Å². The fourth-order valence-electron chi connectivity index (χ4n) is 2.27. The molecule has 1 heterocycles. The Hall–Kier alpha value is -0.860. The maximum atomic E-state index is 5.77. The number of hydrogen-bond acceptors (Lipinski definition) is 2. The number of nitrogens with one attached hydrogen (secondary N) is 1. The second kappa shape index (κ2) is 5.65. The summed E-state index contributed by atoms with van der Waals surface area (Å²) in [6.07, 6.45) is 1.37. The highest BCUT2D eigenvalue weighted by molar-refractivity contribution is 5.33. The molecule has 0 bridgehead atoms. The van der Waals surface area contributed by atoms with Gasteiger partial charge in [0.05, 0.1) is 12.7 Å². The lowest BCUT2D eigenvalue weighted by Crippen LogP contribution is -2.39. The van der Waals surface area contributed by atoms with Gasteiger partial charge in [0.25, 0.3) is 0 Å². The first-order valence-corrected chi connectivity index (χ1v) is 6.58. The largest absolute Gasteiger partial charge is 0.375 e. The predicted molar refractivity (Wildman–Crippen MR) is 71.6 cm³/mol. The van der Waals surface area contributed by atoms with E-state index in [1.165, 1.54) is 16.7 Å². The minimum absolute atomic E-state index is 0.338. The monoisotopic (exact) mass is 233 g/mol. The zero-order valence-corrected chi connectivity index (χ0v) is 11.1. The molecule has 2 heteroatoms. The summed E-state index contributed by atoms with van der Waals surface area (Å²) in [4.78, 5) is 0. The van der Waals surface area contributed by atoms with Gasteiger partial charge in [-0.1, -0.05) is 32.0 Å². The maximum Gasteiger partial charge on any atom is 0.0740 e. The van der Waals surface area contributed by atoms with Crippen molar-refractivity contribution in [2.45, 2.75) is 39.2 Å². The predicted octanol–water partition coefficient (Wildman–Crippen LogP) is 2.65. The molecule has 0 aliphatic carbocycles. The van der Waals surface area contributed by atoms with Crippen molar-refractivity contribution in [1.82, 2.24) is 5.32 Å². The zero-order valence-electron chi connectivity index (χ0n) is 11.1. The van der Waals surface area contributed by atoms with E-state index in [1.807, 2.05) is 0 Å². The van der Waals surface area contributed by atoms with Gasteiger partial charge in [0, 0.05) is 19.5 Å². The second-order valence-electron chi connectivity index (χ2n) is 5.24. The van der Waals surface area contributed by atoms with Crippen LogP contribution in [0.1, 0.15) is 36.5 Å². The number of benzene rings is 1. The smallest absolute Gasteiger partial charge is 0.0740 e. The maximum absolute atomic E-state index is 5.77. The van der Waals surface area contributed by atoms with Crippen molar-refractivity contribution in [2.75, 3.05) is 19.7 Å². The quantitative estimate of drug-likeness (QED) is 0.866. The van der Waals surface area contributed by atoms with Crippen molar-refractivity contribution < 1.29 is 4.74 Å². The van der Waals surface area contributed by atoms with Crippen LogP contribution in [0.5, 0.6) is 0 Å². The van der Waals surface area contributed by atoms with Gasteiger partial charge in [-0.3, -0.25) is 0 Å². The molecule has 2 nitrogen and oxygen atoms in total. The van der Waals surface area contributed by atoms with Gasteiger partial charge in [-0.05, 0) is 29.5 Å². The average Bonchev–Trinajstić information content (AvgIpc) is 2.33. The molecule has 0 aromatic heterocycles. The standard InChI is InChI=1S/C15H23NO/c1-11(2)13-5-4-12(3)14(8-13)9-15-10-16-6-7-17-15/h4-5,8,11,15-16H,6-7,9-10H2,1-3H3. The molecule has 1 fully saturated rings. The van der Waals surface area contributed by atoms with E-state index in [4.69, 9.17) is 4.74 Å². The summed E-state index contributed by atoms with van der Waals surface area (Å²) in [5, 5.41) is 3.39. The number of hydrogen-bond donors (Lipinski definition) is 1. The van der Waals surface area contributed by atoms with Crippen LogP contribution in [0.4, 0.5) is 0 Å². The molecule has 0 saturated carbocycles. The van der Waals surface area contributed by atoms with E-state index in [0.29, 0.717) is 12.0 Å². The van der Waals surface area contributed by atoms with E-state index in [2.05, 4.69) is 44.3 Å². The Bertz CT molecular complexity index is 367. The Morgan fingerprint density at radius 3 is 2.88 bits per heavy atom. The Kier molecular flexibility index (Phi) is 4.19. The highest BCUT2D eigenvalue weighted by Gasteiger charge is 2.15. The minimum Gasteiger partial charge on any atom is -0.375 e. The molecule has 1 atom stereocenters. The summed E-state index contributed by atoms with van der Waals surface area (Å²) in [6, 6.07) is 6.82. The fourth-order valence-corrected chi connectivity index (χ4v) is 2.27. The highest BCUT2D eigenvalue weighted by Crippen LogP contribution is 2.20. The Balaban J connectivity index is 2.10. The molecule has 0 amide bonds. The molecule has 1 aromatic carbocycles. The van der Waals surface area contributed by atoms with Crippen LogP contribution in [0.3, 0.4) is 0 Å². The lowest BCUT2D eigenvalue weighted by molar-refractivity contribution is 0.0291. The first-order valence-electron chi connectivity index (χ1n) is 6.58. The molecule has 1 aromatic rings. The number of morpholine rings is 1. The summed E-state index contributed by atoms with van der Waals surface area (Å²) in [6.45, 7) is 9.48. The molecule has 1 saturated heterocycles. The molecule has 17 heavy (non-hydrogen) atoms. The molecule has 1 N–H and O–H groups in total. The van der Waals surface area contributed by atoms with E-state index in [1.54, 1.807) is 0 Å². The minimum atomic E-state index is 0.338. The van der Waals surface area contributed by atoms with Crippen molar-refractivity contribution in [1.29, 1.82) is 0 Å². The lowest BCUT2D eigenvalue weighted by Gasteiger charge is -2.24. The summed E-state index contributed by atoms with van der Waals surface area (Å²) in [5.41, 5.74) is 4.24. The van der Waals surface area contributed by atoms with Crippen molar-refractivity contribution in [3.05, 3.63) is 34.9 Å². The molecule has 94 valence electrons. The van der Waals surface area contributed by atoms with E-state index >= 15 is 0 Å². The van der Waals surface area contributed by atoms with Crippen LogP contribution in [-0.2, 0) is 11.2 Å². The normalized spacial score (nSPS) is 20.8. The molecule has 0 radical (unpaired) electrons. The van der Waals surface area contributed by atoms with Gasteiger partial charge in [-0.25, -0.2) is 0 Å². The van der Waals surface area contributed by atoms with Crippen LogP contribution in [0.2, 0.25) is 0 Å². The average molecular weight is 233 g/mol. The molecule has 1 unspecified atom stereocenters. The molecule has 1 aliphatic heterocycles. The summed E-state index contributed by atoms with van der Waals surface area (Å²) < 4.78 is 5.77. The molecular formula is C15H23NO. The van der Waals surface area contributed by atoms with Gasteiger partial charge in [0.1, 0.15) is 0 Å². The van der Waals surface area contributed by atoms with Crippen LogP contribution in [0, 0.1) is 6.92 Å². The van der Waals surface area contributed by atoms with Crippen molar-refractivity contribution in [2.24, 2.45) is 0 Å². The number of aryl methyl sites for hydroxylation is 1. The van der Waals surface area contributed by atoms with Crippen LogP contribution in [0.25, 0.3) is 0 Å². The van der Waals surface area contributed by atoms with E-state index in [9.17, 15) is 0 Å². The van der Waals surface area contributed by atoms with Crippen LogP contribution in [0.15, 0.2) is 18.2 Å². The molecule has 0 spiro atoms. The number of ether oxygens (including phenoxy) is 1. The van der Waals surface area contributed by atoms with E-state index in [-0.39, 0.29) is 0 Å². The van der Waals surface area contributed by atoms with Gasteiger partial charge >= 0.3 is 0 Å². The van der Waals surface area contributed by atoms with E-state index in [0.717, 1.165) is 26.1 Å². The highest BCUT2D eigenvalue weighted by atomic mass is 16.5. The van der Waals surface area contributed by atoms with Crippen molar-refractivity contribution in [3.8, 4) is 0 Å². The third kappa shape index (κ3) is 3.30. The SMILES string of the molecule is Cc1ccc(C(C)C)cc1CC1CNCCO1. The number of rotatable bonds is 3. The summed E-state index contributed by atoms with van der Waals surface area (Å²) in [7, 11) is 0. The molecule has 2 rings (SSSR count).